The van der Waals surface area contributed by atoms with Crippen LogP contribution in [0.2, 0.25) is 0 Å². The highest BCUT2D eigenvalue weighted by atomic mass is 16.4. The molecule has 7 amide bonds. The Morgan fingerprint density at radius 2 is 1.15 bits per heavy atom. The summed E-state index contributed by atoms with van der Waals surface area (Å²) >= 11 is 0. The zero-order valence-corrected chi connectivity index (χ0v) is 34.4. The van der Waals surface area contributed by atoms with E-state index in [4.69, 9.17) is 27.4 Å². The molecule has 0 bridgehead atoms. The van der Waals surface area contributed by atoms with Crippen molar-refractivity contribution in [3.05, 3.63) is 0 Å². The van der Waals surface area contributed by atoms with Crippen molar-refractivity contribution in [1.29, 1.82) is 0 Å². The number of carboxylic acid groups (broad SMARTS) is 1. The first kappa shape index (κ1) is 53.8. The molecule has 0 aromatic carbocycles. The number of hydrogen-bond acceptors (Lipinski definition) is 14. The van der Waals surface area contributed by atoms with Crippen LogP contribution in [-0.4, -0.2) is 160 Å². The predicted octanol–water partition coefficient (Wildman–Crippen LogP) is -6.29. The van der Waals surface area contributed by atoms with E-state index in [1.807, 2.05) is 5.32 Å². The van der Waals surface area contributed by atoms with Gasteiger partial charge in [0.2, 0.25) is 41.4 Å². The van der Waals surface area contributed by atoms with Crippen LogP contribution < -0.4 is 54.4 Å². The summed E-state index contributed by atoms with van der Waals surface area (Å²) in [5, 5.41) is 64.6. The van der Waals surface area contributed by atoms with Gasteiger partial charge in [-0.15, -0.1) is 0 Å². The lowest BCUT2D eigenvalue weighted by Crippen LogP contribution is -2.61. The van der Waals surface area contributed by atoms with Gasteiger partial charge in [-0.2, -0.15) is 0 Å². The lowest BCUT2D eigenvalue weighted by Gasteiger charge is -2.30. The molecule has 0 aromatic heterocycles. The molecular formula is C35H65N11O13. The number of nitrogens with two attached hydrogens (primary N) is 3. The average Bonchev–Trinajstić information content (AvgIpc) is 3.18. The van der Waals surface area contributed by atoms with Crippen LogP contribution in [0.1, 0.15) is 73.6 Å². The van der Waals surface area contributed by atoms with Crippen LogP contribution in [-0.2, 0) is 38.4 Å². The summed E-state index contributed by atoms with van der Waals surface area (Å²) in [6, 6.07) is -10.2. The third-order valence-electron chi connectivity index (χ3n) is 9.05. The number of guanidine groups is 1. The molecule has 0 heterocycles. The Morgan fingerprint density at radius 3 is 1.64 bits per heavy atom. The largest absolute Gasteiger partial charge is 0.480 e. The molecule has 0 radical (unpaired) electrons. The Bertz CT molecular complexity index is 1450. The minimum absolute atomic E-state index is 0.0390. The molecule has 24 nitrogen and oxygen atoms in total. The molecule has 338 valence electrons. The van der Waals surface area contributed by atoms with Gasteiger partial charge in [0.15, 0.2) is 5.96 Å². The molecule has 59 heavy (non-hydrogen) atoms. The van der Waals surface area contributed by atoms with Crippen molar-refractivity contribution >= 4 is 53.3 Å². The third-order valence-corrected chi connectivity index (χ3v) is 9.05. The fourth-order valence-electron chi connectivity index (χ4n) is 5.22. The molecule has 18 N–H and O–H groups in total. The maximum Gasteiger partial charge on any atom is 0.328 e. The van der Waals surface area contributed by atoms with Crippen molar-refractivity contribution in [1.82, 2.24) is 37.2 Å². The maximum absolute atomic E-state index is 13.8. The second-order valence-electron chi connectivity index (χ2n) is 14.3. The van der Waals surface area contributed by atoms with Gasteiger partial charge >= 0.3 is 5.97 Å². The summed E-state index contributed by atoms with van der Waals surface area (Å²) < 4.78 is 0. The second kappa shape index (κ2) is 27.5. The van der Waals surface area contributed by atoms with Crippen molar-refractivity contribution < 1.29 is 63.9 Å². The van der Waals surface area contributed by atoms with Crippen molar-refractivity contribution in [3.8, 4) is 0 Å². The van der Waals surface area contributed by atoms with E-state index in [0.29, 0.717) is 12.8 Å². The summed E-state index contributed by atoms with van der Waals surface area (Å²) in [5.41, 5.74) is 16.7. The summed E-state index contributed by atoms with van der Waals surface area (Å²) in [4.78, 5) is 107. The minimum Gasteiger partial charge on any atom is -0.480 e. The van der Waals surface area contributed by atoms with E-state index in [-0.39, 0.29) is 37.7 Å². The van der Waals surface area contributed by atoms with Crippen LogP contribution in [0.5, 0.6) is 0 Å². The molecular weight excluding hydrogens is 782 g/mol. The number of aliphatic hydroxyl groups excluding tert-OH is 4. The zero-order valence-electron chi connectivity index (χ0n) is 34.4. The van der Waals surface area contributed by atoms with Gasteiger partial charge in [0.25, 0.3) is 0 Å². The number of carbonyl (C=O) groups is 8. The number of aliphatic carboxylic acids is 1. The van der Waals surface area contributed by atoms with Gasteiger partial charge in [0, 0.05) is 6.54 Å². The van der Waals surface area contributed by atoms with Crippen LogP contribution >= 0.6 is 0 Å². The fourth-order valence-corrected chi connectivity index (χ4v) is 5.22. The van der Waals surface area contributed by atoms with E-state index >= 15 is 0 Å². The molecule has 24 heteroatoms. The van der Waals surface area contributed by atoms with Gasteiger partial charge < -0.3 is 80.0 Å². The first-order chi connectivity index (χ1) is 27.6. The van der Waals surface area contributed by atoms with Crippen molar-refractivity contribution in [2.24, 2.45) is 34.0 Å². The number of amides is 7. The number of nitrogens with one attached hydrogen (secondary N) is 7. The molecule has 0 aliphatic rings. The van der Waals surface area contributed by atoms with Crippen molar-refractivity contribution in [3.63, 3.8) is 0 Å². The number of hydrogen-bond donors (Lipinski definition) is 15. The van der Waals surface area contributed by atoms with Crippen molar-refractivity contribution in [2.75, 3.05) is 26.3 Å². The smallest absolute Gasteiger partial charge is 0.328 e. The van der Waals surface area contributed by atoms with Gasteiger partial charge in [-0.25, -0.2) is 4.79 Å². The Hall–Kier alpha value is -5.17. The molecule has 10 atom stereocenters. The van der Waals surface area contributed by atoms with Crippen molar-refractivity contribution in [2.45, 2.75) is 128 Å². The van der Waals surface area contributed by atoms with Gasteiger partial charge in [0.1, 0.15) is 42.3 Å². The third kappa shape index (κ3) is 19.4. The standard InChI is InChI=1S/C35H65N11O13/c1-7-10-19(43-31(55)24(36)27(51)16(3)4)28(52)42-20(11-9-12-39-35(37)38)29(53)45-25(17(5)8-2)33(57)46-26(18(6)49)32(56)40-13-23(50)41-21(14-47)30(54)44-22(15-48)34(58)59/h16-22,24-27,47-49,51H,7-15,36H2,1-6H3,(H,40,56)(H,41,50)(H,42,52)(H,43,55)(H,44,54)(H,45,53)(H,46,57)(H,58,59)(H4,37,38,39)/t17-,18-,19-,20+,21-,22-,24?,25-,26-,27+/m0/s1. The average molecular weight is 848 g/mol. The minimum atomic E-state index is -1.72. The predicted molar refractivity (Wildman–Crippen MR) is 211 cm³/mol. The summed E-state index contributed by atoms with van der Waals surface area (Å²) in [5.74, 6) is -9.28. The topological polar surface area (TPSA) is 412 Å². The molecule has 0 aromatic rings. The van der Waals surface area contributed by atoms with Crippen LogP contribution in [0.15, 0.2) is 4.99 Å². The van der Waals surface area contributed by atoms with E-state index in [2.05, 4.69) is 36.9 Å². The Balaban J connectivity index is 6.10. The first-order valence-electron chi connectivity index (χ1n) is 19.3. The highest BCUT2D eigenvalue weighted by Crippen LogP contribution is 2.12. The molecule has 1 unspecified atom stereocenters. The van der Waals surface area contributed by atoms with E-state index in [0.717, 1.165) is 6.92 Å². The number of aliphatic imine (C=N–C) groups is 1. The monoisotopic (exact) mass is 847 g/mol. The molecule has 0 saturated carbocycles. The summed E-state index contributed by atoms with van der Waals surface area (Å²) in [6.45, 7) is 6.87. The highest BCUT2D eigenvalue weighted by molar-refractivity contribution is 5.97. The Morgan fingerprint density at radius 1 is 0.644 bits per heavy atom. The van der Waals surface area contributed by atoms with E-state index in [9.17, 15) is 53.7 Å². The number of nitrogens with zero attached hydrogens (tertiary/aromatic N) is 1. The zero-order chi connectivity index (χ0) is 45.6. The molecule has 0 aliphatic heterocycles. The van der Waals surface area contributed by atoms with Crippen LogP contribution in [0.4, 0.5) is 0 Å². The molecule has 0 aliphatic carbocycles. The Kier molecular flexibility index (Phi) is 25.1. The summed E-state index contributed by atoms with van der Waals surface area (Å²) in [7, 11) is 0. The lowest BCUT2D eigenvalue weighted by molar-refractivity contribution is -0.143. The van der Waals surface area contributed by atoms with Crippen LogP contribution in [0.3, 0.4) is 0 Å². The second-order valence-corrected chi connectivity index (χ2v) is 14.3. The van der Waals surface area contributed by atoms with E-state index in [1.54, 1.807) is 34.6 Å². The maximum atomic E-state index is 13.8. The number of carbonyl (C=O) groups excluding carboxylic acids is 7. The molecule has 0 fully saturated rings. The lowest BCUT2D eigenvalue weighted by atomic mass is 9.96. The molecule has 0 saturated heterocycles. The SMILES string of the molecule is CCC[C@H](NC(=O)C(N)[C@H](O)C(C)C)C(=O)N[C@H](CCCN=C(N)N)C(=O)N[C@H](C(=O)N[C@H](C(=O)NCC(=O)N[C@@H](CO)C(=O)N[C@@H](CO)C(=O)O)[C@H](C)O)[C@@H](C)CC. The quantitative estimate of drug-likeness (QED) is 0.0198. The number of rotatable bonds is 28. The molecule has 0 rings (SSSR count). The Labute approximate surface area is 342 Å². The number of carboxylic acids is 1. The fraction of sp³-hybridized carbons (Fsp3) is 0.743. The highest BCUT2D eigenvalue weighted by Gasteiger charge is 2.35. The van der Waals surface area contributed by atoms with Crippen LogP contribution in [0.25, 0.3) is 0 Å². The van der Waals surface area contributed by atoms with Gasteiger partial charge in [-0.3, -0.25) is 38.6 Å². The first-order valence-corrected chi connectivity index (χ1v) is 19.3. The summed E-state index contributed by atoms with van der Waals surface area (Å²) in [6.07, 6.45) is -1.72. The molecule has 0 spiro atoms. The van der Waals surface area contributed by atoms with Gasteiger partial charge in [0.05, 0.1) is 32.0 Å². The van der Waals surface area contributed by atoms with Crippen LogP contribution in [0, 0.1) is 11.8 Å². The van der Waals surface area contributed by atoms with Gasteiger partial charge in [-0.1, -0.05) is 47.5 Å². The van der Waals surface area contributed by atoms with E-state index < -0.39 is 127 Å². The van der Waals surface area contributed by atoms with E-state index in [1.165, 1.54) is 0 Å². The number of aliphatic hydroxyl groups is 4. The normalized spacial score (nSPS) is 16.2. The van der Waals surface area contributed by atoms with Gasteiger partial charge in [-0.05, 0) is 38.0 Å².